The molecule has 0 spiro atoms. The molecule has 1 aromatic rings. The van der Waals surface area contributed by atoms with Crippen molar-refractivity contribution in [1.82, 2.24) is 9.97 Å². The molecule has 82 valence electrons. The maximum Gasteiger partial charge on any atom is 0.371 e. The van der Waals surface area contributed by atoms with Crippen LogP contribution in [0.15, 0.2) is 4.60 Å². The number of halogens is 1. The van der Waals surface area contributed by atoms with Crippen molar-refractivity contribution in [2.75, 3.05) is 0 Å². The van der Waals surface area contributed by atoms with Gasteiger partial charge < -0.3 is 10.1 Å². The van der Waals surface area contributed by atoms with Gasteiger partial charge in [0.05, 0.1) is 5.69 Å². The number of nitrogens with one attached hydrogen (secondary N) is 1. The summed E-state index contributed by atoms with van der Waals surface area (Å²) < 4.78 is 0.659. The van der Waals surface area contributed by atoms with Crippen LogP contribution in [-0.4, -0.2) is 21.0 Å². The third-order valence-corrected chi connectivity index (χ3v) is 3.51. The Hall–Kier alpha value is -0.840. The first-order valence-corrected chi connectivity index (χ1v) is 5.96. The summed E-state index contributed by atoms with van der Waals surface area (Å²) in [6, 6.07) is 0. The summed E-state index contributed by atoms with van der Waals surface area (Å²) in [5, 5.41) is 8.81. The fourth-order valence-corrected chi connectivity index (χ4v) is 2.73. The number of aromatic amines is 1. The highest BCUT2D eigenvalue weighted by Gasteiger charge is 2.22. The number of H-pyrrole nitrogens is 1. The molecule has 0 unspecified atom stereocenters. The van der Waals surface area contributed by atoms with E-state index in [2.05, 4.69) is 25.9 Å². The molecule has 2 rings (SSSR count). The molecule has 1 aliphatic rings. The average molecular weight is 273 g/mol. The summed E-state index contributed by atoms with van der Waals surface area (Å²) in [4.78, 5) is 17.6. The zero-order valence-corrected chi connectivity index (χ0v) is 9.88. The van der Waals surface area contributed by atoms with Gasteiger partial charge in [0, 0.05) is 5.92 Å². The largest absolute Gasteiger partial charge is 0.475 e. The van der Waals surface area contributed by atoms with Gasteiger partial charge in [0.25, 0.3) is 0 Å². The maximum absolute atomic E-state index is 10.7. The first kappa shape index (κ1) is 10.7. The Kier molecular flexibility index (Phi) is 3.09. The number of hydrogen-bond acceptors (Lipinski definition) is 2. The highest BCUT2D eigenvalue weighted by Crippen LogP contribution is 2.34. The Balaban J connectivity index is 2.22. The van der Waals surface area contributed by atoms with E-state index in [0.717, 1.165) is 18.5 Å². The van der Waals surface area contributed by atoms with Crippen LogP contribution in [0.2, 0.25) is 0 Å². The van der Waals surface area contributed by atoms with E-state index in [1.165, 1.54) is 19.3 Å². The maximum atomic E-state index is 10.7. The van der Waals surface area contributed by atoms with Crippen LogP contribution in [0.5, 0.6) is 0 Å². The van der Waals surface area contributed by atoms with E-state index in [0.29, 0.717) is 10.5 Å². The molecule has 5 heteroatoms. The van der Waals surface area contributed by atoms with E-state index in [1.807, 2.05) is 0 Å². The van der Waals surface area contributed by atoms with Crippen molar-refractivity contribution in [3.05, 3.63) is 16.1 Å². The lowest BCUT2D eigenvalue weighted by Gasteiger charge is -2.20. The Bertz CT molecular complexity index is 369. The number of nitrogens with zero attached hydrogens (tertiary/aromatic N) is 1. The van der Waals surface area contributed by atoms with Crippen molar-refractivity contribution in [2.45, 2.75) is 38.0 Å². The number of imidazole rings is 1. The summed E-state index contributed by atoms with van der Waals surface area (Å²) in [7, 11) is 0. The van der Waals surface area contributed by atoms with Crippen LogP contribution in [-0.2, 0) is 0 Å². The molecule has 1 heterocycles. The minimum atomic E-state index is -1.00. The van der Waals surface area contributed by atoms with Gasteiger partial charge in [0.15, 0.2) is 0 Å². The van der Waals surface area contributed by atoms with Crippen LogP contribution >= 0.6 is 15.9 Å². The SMILES string of the molecule is O=C(O)c1nc(Br)c(C2CCCCC2)[nH]1. The van der Waals surface area contributed by atoms with Gasteiger partial charge in [-0.1, -0.05) is 19.3 Å². The highest BCUT2D eigenvalue weighted by atomic mass is 79.9. The van der Waals surface area contributed by atoms with Crippen molar-refractivity contribution >= 4 is 21.9 Å². The molecule has 4 nitrogen and oxygen atoms in total. The Morgan fingerprint density at radius 2 is 2.07 bits per heavy atom. The van der Waals surface area contributed by atoms with Crippen LogP contribution < -0.4 is 0 Å². The number of aromatic carboxylic acids is 1. The van der Waals surface area contributed by atoms with Gasteiger partial charge in [-0.3, -0.25) is 0 Å². The lowest BCUT2D eigenvalue weighted by molar-refractivity contribution is 0.0684. The molecule has 0 amide bonds. The predicted molar refractivity (Wildman–Crippen MR) is 59.1 cm³/mol. The quantitative estimate of drug-likeness (QED) is 0.870. The lowest BCUT2D eigenvalue weighted by atomic mass is 9.87. The first-order valence-electron chi connectivity index (χ1n) is 5.17. The Morgan fingerprint density at radius 1 is 1.40 bits per heavy atom. The monoisotopic (exact) mass is 272 g/mol. The van der Waals surface area contributed by atoms with E-state index in [1.54, 1.807) is 0 Å². The van der Waals surface area contributed by atoms with Gasteiger partial charge in [-0.05, 0) is 28.8 Å². The fraction of sp³-hybridized carbons (Fsp3) is 0.600. The third kappa shape index (κ3) is 2.22. The number of carboxylic acid groups (broad SMARTS) is 1. The van der Waals surface area contributed by atoms with Crippen molar-refractivity contribution in [3.63, 3.8) is 0 Å². The van der Waals surface area contributed by atoms with Gasteiger partial charge >= 0.3 is 5.97 Å². The van der Waals surface area contributed by atoms with Crippen LogP contribution in [0.4, 0.5) is 0 Å². The Labute approximate surface area is 96.2 Å². The van der Waals surface area contributed by atoms with Crippen LogP contribution in [0.25, 0.3) is 0 Å². The first-order chi connectivity index (χ1) is 7.18. The molecule has 2 N–H and O–H groups in total. The van der Waals surface area contributed by atoms with Crippen molar-refractivity contribution < 1.29 is 9.90 Å². The van der Waals surface area contributed by atoms with Crippen molar-refractivity contribution in [1.29, 1.82) is 0 Å². The summed E-state index contributed by atoms with van der Waals surface area (Å²) in [6.07, 6.45) is 5.98. The molecule has 0 radical (unpaired) electrons. The molecule has 1 aliphatic carbocycles. The number of hydrogen-bond donors (Lipinski definition) is 2. The third-order valence-electron chi connectivity index (χ3n) is 2.90. The standard InChI is InChI=1S/C10H13BrN2O2/c11-8-7(6-4-2-1-3-5-6)12-9(13-8)10(14)15/h6H,1-5H2,(H,12,13)(H,14,15). The summed E-state index contributed by atoms with van der Waals surface area (Å²) in [5.74, 6) is -0.533. The fourth-order valence-electron chi connectivity index (χ4n) is 2.13. The van der Waals surface area contributed by atoms with Crippen molar-refractivity contribution in [3.8, 4) is 0 Å². The van der Waals surface area contributed by atoms with E-state index in [-0.39, 0.29) is 5.82 Å². The van der Waals surface area contributed by atoms with E-state index < -0.39 is 5.97 Å². The lowest BCUT2D eigenvalue weighted by Crippen LogP contribution is -2.06. The molecule has 0 bridgehead atoms. The second-order valence-corrected chi connectivity index (χ2v) is 4.68. The summed E-state index contributed by atoms with van der Waals surface area (Å²) in [6.45, 7) is 0. The number of carbonyl (C=O) groups is 1. The van der Waals surface area contributed by atoms with Gasteiger partial charge in [0.2, 0.25) is 5.82 Å². The normalized spacial score (nSPS) is 17.9. The molecule has 0 saturated heterocycles. The van der Waals surface area contributed by atoms with E-state index in [4.69, 9.17) is 5.11 Å². The zero-order valence-electron chi connectivity index (χ0n) is 8.29. The highest BCUT2D eigenvalue weighted by molar-refractivity contribution is 9.10. The molecular formula is C10H13BrN2O2. The number of rotatable bonds is 2. The summed E-state index contributed by atoms with van der Waals surface area (Å²) in [5.41, 5.74) is 0.951. The minimum Gasteiger partial charge on any atom is -0.475 e. The number of aromatic nitrogens is 2. The molecule has 0 aliphatic heterocycles. The smallest absolute Gasteiger partial charge is 0.371 e. The molecule has 0 atom stereocenters. The zero-order chi connectivity index (χ0) is 10.8. The number of carboxylic acids is 1. The van der Waals surface area contributed by atoms with Crippen LogP contribution in [0, 0.1) is 0 Å². The topological polar surface area (TPSA) is 66.0 Å². The van der Waals surface area contributed by atoms with E-state index in [9.17, 15) is 4.79 Å². The van der Waals surface area contributed by atoms with Crippen LogP contribution in [0.1, 0.15) is 54.3 Å². The van der Waals surface area contributed by atoms with Crippen LogP contribution in [0.3, 0.4) is 0 Å². The average Bonchev–Trinajstić information content (AvgIpc) is 2.62. The second kappa shape index (κ2) is 4.35. The second-order valence-electron chi connectivity index (χ2n) is 3.93. The van der Waals surface area contributed by atoms with Gasteiger partial charge in [-0.15, -0.1) is 0 Å². The molecular weight excluding hydrogens is 260 g/mol. The molecule has 15 heavy (non-hydrogen) atoms. The van der Waals surface area contributed by atoms with Crippen molar-refractivity contribution in [2.24, 2.45) is 0 Å². The Morgan fingerprint density at radius 3 is 2.60 bits per heavy atom. The van der Waals surface area contributed by atoms with Gasteiger partial charge in [-0.2, -0.15) is 0 Å². The van der Waals surface area contributed by atoms with Gasteiger partial charge in [0.1, 0.15) is 4.60 Å². The minimum absolute atomic E-state index is 0.0300. The molecule has 1 aromatic heterocycles. The molecule has 0 aromatic carbocycles. The predicted octanol–water partition coefficient (Wildman–Crippen LogP) is 2.92. The molecule has 1 fully saturated rings. The van der Waals surface area contributed by atoms with Gasteiger partial charge in [-0.25, -0.2) is 9.78 Å². The molecule has 1 saturated carbocycles. The van der Waals surface area contributed by atoms with E-state index >= 15 is 0 Å². The summed E-state index contributed by atoms with van der Waals surface area (Å²) >= 11 is 3.32.